The SMILES string of the molecule is Clc1ccc(C2CN(CCCCCn3nnc(-c4ccccc4)n3)CCO2)cc1. The molecule has 29 heavy (non-hydrogen) atoms. The van der Waals surface area contributed by atoms with E-state index in [0.717, 1.165) is 62.6 Å². The lowest BCUT2D eigenvalue weighted by Crippen LogP contribution is -2.38. The van der Waals surface area contributed by atoms with E-state index >= 15 is 0 Å². The van der Waals surface area contributed by atoms with Gasteiger partial charge in [0.05, 0.1) is 19.3 Å². The smallest absolute Gasteiger partial charge is 0.204 e. The molecule has 1 unspecified atom stereocenters. The molecule has 0 amide bonds. The molecule has 1 aliphatic rings. The van der Waals surface area contributed by atoms with Crippen molar-refractivity contribution in [3.8, 4) is 11.4 Å². The number of aryl methyl sites for hydroxylation is 1. The van der Waals surface area contributed by atoms with Crippen LogP contribution in [0.1, 0.15) is 30.9 Å². The Labute approximate surface area is 176 Å². The van der Waals surface area contributed by atoms with Crippen molar-refractivity contribution in [2.45, 2.75) is 31.9 Å². The van der Waals surface area contributed by atoms with E-state index in [-0.39, 0.29) is 6.10 Å². The molecule has 2 heterocycles. The van der Waals surface area contributed by atoms with Crippen molar-refractivity contribution < 1.29 is 4.74 Å². The van der Waals surface area contributed by atoms with Gasteiger partial charge in [-0.25, -0.2) is 0 Å². The zero-order valence-electron chi connectivity index (χ0n) is 16.5. The number of hydrogen-bond donors (Lipinski definition) is 0. The van der Waals surface area contributed by atoms with Crippen molar-refractivity contribution in [1.29, 1.82) is 0 Å². The summed E-state index contributed by atoms with van der Waals surface area (Å²) >= 11 is 5.99. The average molecular weight is 412 g/mol. The summed E-state index contributed by atoms with van der Waals surface area (Å²) in [5.41, 5.74) is 2.20. The summed E-state index contributed by atoms with van der Waals surface area (Å²) in [6.45, 7) is 4.60. The molecule has 1 fully saturated rings. The van der Waals surface area contributed by atoms with Gasteiger partial charge in [0.25, 0.3) is 0 Å². The molecule has 3 aromatic rings. The van der Waals surface area contributed by atoms with Crippen LogP contribution in [0.15, 0.2) is 54.6 Å². The molecule has 0 radical (unpaired) electrons. The van der Waals surface area contributed by atoms with E-state index in [0.29, 0.717) is 5.82 Å². The fourth-order valence-corrected chi connectivity index (χ4v) is 3.72. The minimum atomic E-state index is 0.136. The fourth-order valence-electron chi connectivity index (χ4n) is 3.59. The van der Waals surface area contributed by atoms with Crippen LogP contribution in [0, 0.1) is 0 Å². The normalized spacial score (nSPS) is 17.5. The van der Waals surface area contributed by atoms with Gasteiger partial charge in [-0.15, -0.1) is 10.2 Å². The second kappa shape index (κ2) is 9.96. The van der Waals surface area contributed by atoms with Crippen molar-refractivity contribution in [3.63, 3.8) is 0 Å². The lowest BCUT2D eigenvalue weighted by molar-refractivity contribution is -0.0303. The third-order valence-electron chi connectivity index (χ3n) is 5.21. The predicted molar refractivity (Wildman–Crippen MR) is 114 cm³/mol. The Bertz CT molecular complexity index is 884. The van der Waals surface area contributed by atoms with Crippen molar-refractivity contribution in [3.05, 3.63) is 65.2 Å². The standard InChI is InChI=1S/C22H26ClN5O/c23-20-11-9-18(10-12-20)21-17-27(15-16-29-21)13-5-2-6-14-28-25-22(24-26-28)19-7-3-1-4-8-19/h1,3-4,7-12,21H,2,5-6,13-17H2. The Balaban J connectivity index is 1.17. The molecule has 1 aliphatic heterocycles. The molecule has 0 N–H and O–H groups in total. The molecule has 4 rings (SSSR count). The monoisotopic (exact) mass is 411 g/mol. The Morgan fingerprint density at radius 3 is 2.59 bits per heavy atom. The average Bonchev–Trinajstić information content (AvgIpc) is 3.24. The van der Waals surface area contributed by atoms with E-state index < -0.39 is 0 Å². The first-order chi connectivity index (χ1) is 14.3. The molecule has 152 valence electrons. The van der Waals surface area contributed by atoms with Gasteiger partial charge in [-0.3, -0.25) is 4.90 Å². The predicted octanol–water partition coefficient (Wildman–Crippen LogP) is 4.24. The highest BCUT2D eigenvalue weighted by Gasteiger charge is 2.21. The van der Waals surface area contributed by atoms with Gasteiger partial charge in [0, 0.05) is 23.7 Å². The Hall–Kier alpha value is -2.28. The number of unbranched alkanes of at least 4 members (excludes halogenated alkanes) is 2. The quantitative estimate of drug-likeness (QED) is 0.519. The molecule has 0 aliphatic carbocycles. The number of rotatable bonds is 8. The van der Waals surface area contributed by atoms with Crippen molar-refractivity contribution in [2.75, 3.05) is 26.2 Å². The van der Waals surface area contributed by atoms with Crippen molar-refractivity contribution in [1.82, 2.24) is 25.1 Å². The molecule has 1 atom stereocenters. The van der Waals surface area contributed by atoms with Crippen LogP contribution in [0.5, 0.6) is 0 Å². The summed E-state index contributed by atoms with van der Waals surface area (Å²) in [7, 11) is 0. The number of hydrogen-bond acceptors (Lipinski definition) is 5. The molecule has 0 bridgehead atoms. The van der Waals surface area contributed by atoms with E-state index in [2.05, 4.69) is 32.4 Å². The summed E-state index contributed by atoms with van der Waals surface area (Å²) in [6, 6.07) is 17.9. The molecule has 6 nitrogen and oxygen atoms in total. The van der Waals surface area contributed by atoms with Gasteiger partial charge in [-0.1, -0.05) is 60.5 Å². The van der Waals surface area contributed by atoms with Gasteiger partial charge in [0.1, 0.15) is 0 Å². The van der Waals surface area contributed by atoms with Gasteiger partial charge < -0.3 is 4.74 Å². The van der Waals surface area contributed by atoms with Crippen LogP contribution in [0.3, 0.4) is 0 Å². The van der Waals surface area contributed by atoms with E-state index in [1.165, 1.54) is 5.56 Å². The molecule has 1 aromatic heterocycles. The van der Waals surface area contributed by atoms with E-state index in [1.807, 2.05) is 42.5 Å². The number of benzene rings is 2. The molecule has 7 heteroatoms. The lowest BCUT2D eigenvalue weighted by Gasteiger charge is -2.33. The summed E-state index contributed by atoms with van der Waals surface area (Å²) in [4.78, 5) is 4.19. The number of morpholine rings is 1. The van der Waals surface area contributed by atoms with Crippen LogP contribution in [0.25, 0.3) is 11.4 Å². The number of tetrazole rings is 1. The summed E-state index contributed by atoms with van der Waals surface area (Å²) < 4.78 is 5.95. The molecule has 2 aromatic carbocycles. The molecule has 0 spiro atoms. The highest BCUT2D eigenvalue weighted by Crippen LogP contribution is 2.24. The van der Waals surface area contributed by atoms with Crippen LogP contribution in [0.4, 0.5) is 0 Å². The van der Waals surface area contributed by atoms with Gasteiger partial charge in [0.2, 0.25) is 5.82 Å². The highest BCUT2D eigenvalue weighted by molar-refractivity contribution is 6.30. The lowest BCUT2D eigenvalue weighted by atomic mass is 10.1. The Morgan fingerprint density at radius 1 is 0.966 bits per heavy atom. The number of ether oxygens (including phenoxy) is 1. The first kappa shape index (κ1) is 20.0. The van der Waals surface area contributed by atoms with E-state index in [9.17, 15) is 0 Å². The molecular weight excluding hydrogens is 386 g/mol. The van der Waals surface area contributed by atoms with E-state index in [4.69, 9.17) is 16.3 Å². The first-order valence-electron chi connectivity index (χ1n) is 10.2. The summed E-state index contributed by atoms with van der Waals surface area (Å²) in [6.07, 6.45) is 3.49. The van der Waals surface area contributed by atoms with Gasteiger partial charge in [-0.05, 0) is 42.3 Å². The second-order valence-corrected chi connectivity index (χ2v) is 7.78. The minimum Gasteiger partial charge on any atom is -0.371 e. The minimum absolute atomic E-state index is 0.136. The van der Waals surface area contributed by atoms with Gasteiger partial charge in [-0.2, -0.15) is 4.80 Å². The fraction of sp³-hybridized carbons (Fsp3) is 0.409. The van der Waals surface area contributed by atoms with Crippen molar-refractivity contribution in [2.24, 2.45) is 0 Å². The van der Waals surface area contributed by atoms with Crippen LogP contribution < -0.4 is 0 Å². The maximum atomic E-state index is 5.99. The molecular formula is C22H26ClN5O. The van der Waals surface area contributed by atoms with Crippen LogP contribution in [0.2, 0.25) is 5.02 Å². The molecule has 0 saturated carbocycles. The van der Waals surface area contributed by atoms with Crippen LogP contribution in [-0.4, -0.2) is 51.3 Å². The second-order valence-electron chi connectivity index (χ2n) is 7.35. The zero-order valence-corrected chi connectivity index (χ0v) is 17.2. The Kier molecular flexibility index (Phi) is 6.87. The number of halogens is 1. The summed E-state index contributed by atoms with van der Waals surface area (Å²) in [5, 5.41) is 13.6. The Morgan fingerprint density at radius 2 is 1.76 bits per heavy atom. The largest absolute Gasteiger partial charge is 0.371 e. The first-order valence-corrected chi connectivity index (χ1v) is 10.6. The van der Waals surface area contributed by atoms with Crippen LogP contribution in [-0.2, 0) is 11.3 Å². The van der Waals surface area contributed by atoms with Crippen molar-refractivity contribution >= 4 is 11.6 Å². The highest BCUT2D eigenvalue weighted by atomic mass is 35.5. The topological polar surface area (TPSA) is 56.1 Å². The van der Waals surface area contributed by atoms with E-state index in [1.54, 1.807) is 4.80 Å². The third kappa shape index (κ3) is 5.63. The number of nitrogens with zero attached hydrogens (tertiary/aromatic N) is 5. The maximum absolute atomic E-state index is 5.99. The molecule has 1 saturated heterocycles. The maximum Gasteiger partial charge on any atom is 0.204 e. The third-order valence-corrected chi connectivity index (χ3v) is 5.46. The number of aromatic nitrogens is 4. The van der Waals surface area contributed by atoms with Crippen LogP contribution >= 0.6 is 11.6 Å². The van der Waals surface area contributed by atoms with Gasteiger partial charge >= 0.3 is 0 Å². The van der Waals surface area contributed by atoms with Gasteiger partial charge in [0.15, 0.2) is 0 Å². The summed E-state index contributed by atoms with van der Waals surface area (Å²) in [5.74, 6) is 0.687. The zero-order chi connectivity index (χ0) is 19.9.